The number of carbonyl (C=O) groups excluding carboxylic acids is 2. The van der Waals surface area contributed by atoms with Gasteiger partial charge in [0.05, 0.1) is 19.8 Å². The second kappa shape index (κ2) is 14.2. The van der Waals surface area contributed by atoms with E-state index in [1.54, 1.807) is 0 Å². The Balaban J connectivity index is 1.90. The van der Waals surface area contributed by atoms with Crippen LogP contribution in [0.15, 0.2) is 30.3 Å². The van der Waals surface area contributed by atoms with E-state index in [4.69, 9.17) is 14.6 Å². The summed E-state index contributed by atoms with van der Waals surface area (Å²) in [5, 5.41) is 14.0. The third-order valence-corrected chi connectivity index (χ3v) is 3.37. The molecule has 0 heterocycles. The van der Waals surface area contributed by atoms with Crippen LogP contribution in [0.3, 0.4) is 0 Å². The molecule has 1 aromatic carbocycles. The molecule has 25 heavy (non-hydrogen) atoms. The lowest BCUT2D eigenvalue weighted by atomic mass is 10.2. The number of unbranched alkanes of at least 4 members (excludes halogenated alkanes) is 2. The van der Waals surface area contributed by atoms with Crippen molar-refractivity contribution >= 4 is 12.0 Å². The topological polar surface area (TPSA) is 96.9 Å². The molecule has 7 nitrogen and oxygen atoms in total. The smallest absolute Gasteiger partial charge is 0.407 e. The number of amides is 2. The average Bonchev–Trinajstić information content (AvgIpc) is 2.63. The van der Waals surface area contributed by atoms with Gasteiger partial charge >= 0.3 is 6.09 Å². The predicted octanol–water partition coefficient (Wildman–Crippen LogP) is 1.60. The summed E-state index contributed by atoms with van der Waals surface area (Å²) in [5.74, 6) is -0.0113. The quantitative estimate of drug-likeness (QED) is 0.469. The maximum absolute atomic E-state index is 11.5. The first kappa shape index (κ1) is 20.9. The number of benzene rings is 1. The van der Waals surface area contributed by atoms with Gasteiger partial charge in [0, 0.05) is 19.5 Å². The lowest BCUT2D eigenvalue weighted by molar-refractivity contribution is -0.121. The fourth-order valence-corrected chi connectivity index (χ4v) is 2.07. The first-order valence-corrected chi connectivity index (χ1v) is 8.62. The maximum Gasteiger partial charge on any atom is 0.407 e. The van der Waals surface area contributed by atoms with Gasteiger partial charge in [0.1, 0.15) is 6.61 Å². The summed E-state index contributed by atoms with van der Waals surface area (Å²) in [6.07, 6.45) is 2.45. The summed E-state index contributed by atoms with van der Waals surface area (Å²) in [5.41, 5.74) is 0.949. The molecule has 0 unspecified atom stereocenters. The zero-order chi connectivity index (χ0) is 18.2. The number of nitrogens with one attached hydrogen (secondary N) is 2. The van der Waals surface area contributed by atoms with Gasteiger partial charge in [-0.2, -0.15) is 0 Å². The zero-order valence-electron chi connectivity index (χ0n) is 14.5. The van der Waals surface area contributed by atoms with Crippen LogP contribution < -0.4 is 10.6 Å². The minimum Gasteiger partial charge on any atom is -0.445 e. The van der Waals surface area contributed by atoms with E-state index < -0.39 is 6.09 Å². The van der Waals surface area contributed by atoms with Crippen LogP contribution in [0.2, 0.25) is 0 Å². The Bertz CT molecular complexity index is 482. The second-order valence-electron chi connectivity index (χ2n) is 5.49. The first-order chi connectivity index (χ1) is 12.2. The summed E-state index contributed by atoms with van der Waals surface area (Å²) in [6, 6.07) is 9.51. The van der Waals surface area contributed by atoms with Crippen molar-refractivity contribution in [2.45, 2.75) is 32.3 Å². The van der Waals surface area contributed by atoms with Crippen molar-refractivity contribution in [3.05, 3.63) is 35.9 Å². The molecule has 0 fully saturated rings. The van der Waals surface area contributed by atoms with Gasteiger partial charge < -0.3 is 25.2 Å². The molecule has 2 amide bonds. The highest BCUT2D eigenvalue weighted by Crippen LogP contribution is 2.01. The molecule has 3 N–H and O–H groups in total. The van der Waals surface area contributed by atoms with Gasteiger partial charge in [-0.05, 0) is 18.4 Å². The normalized spacial score (nSPS) is 10.3. The molecule has 140 valence electrons. The number of rotatable bonds is 13. The van der Waals surface area contributed by atoms with Crippen molar-refractivity contribution in [2.75, 3.05) is 32.9 Å². The Morgan fingerprint density at radius 1 is 0.960 bits per heavy atom. The van der Waals surface area contributed by atoms with Gasteiger partial charge in [0.2, 0.25) is 5.91 Å². The Kier molecular flexibility index (Phi) is 11.9. The van der Waals surface area contributed by atoms with Crippen LogP contribution in [-0.4, -0.2) is 50.0 Å². The Hall–Kier alpha value is -2.12. The maximum atomic E-state index is 11.5. The molecular weight excluding hydrogens is 324 g/mol. The summed E-state index contributed by atoms with van der Waals surface area (Å²) < 4.78 is 10.1. The van der Waals surface area contributed by atoms with E-state index in [1.807, 2.05) is 30.3 Å². The monoisotopic (exact) mass is 352 g/mol. The number of hydrogen-bond donors (Lipinski definition) is 3. The molecule has 0 atom stereocenters. The Morgan fingerprint density at radius 2 is 1.76 bits per heavy atom. The van der Waals surface area contributed by atoms with E-state index in [0.29, 0.717) is 26.1 Å². The number of carbonyl (C=O) groups is 2. The van der Waals surface area contributed by atoms with E-state index in [2.05, 4.69) is 10.6 Å². The van der Waals surface area contributed by atoms with Crippen LogP contribution in [0.1, 0.15) is 31.2 Å². The minimum absolute atomic E-state index is 0.0113. The predicted molar refractivity (Wildman–Crippen MR) is 94.0 cm³/mol. The van der Waals surface area contributed by atoms with Crippen LogP contribution in [-0.2, 0) is 20.9 Å². The zero-order valence-corrected chi connectivity index (χ0v) is 14.5. The standard InChI is InChI=1S/C18H28N2O5/c21-12-14-24-13-11-19-17(22)9-5-2-6-10-20-18(23)25-15-16-7-3-1-4-8-16/h1,3-4,7-8,21H,2,5-6,9-15H2,(H,19,22)(H,20,23). The van der Waals surface area contributed by atoms with Crippen LogP contribution in [0.25, 0.3) is 0 Å². The largest absolute Gasteiger partial charge is 0.445 e. The molecular formula is C18H28N2O5. The lowest BCUT2D eigenvalue weighted by Gasteiger charge is -2.07. The van der Waals surface area contributed by atoms with Crippen LogP contribution in [0.4, 0.5) is 4.79 Å². The molecule has 0 aliphatic rings. The molecule has 1 rings (SSSR count). The van der Waals surface area contributed by atoms with Gasteiger partial charge in [-0.1, -0.05) is 36.8 Å². The summed E-state index contributed by atoms with van der Waals surface area (Å²) >= 11 is 0. The van der Waals surface area contributed by atoms with Crippen LogP contribution >= 0.6 is 0 Å². The number of alkyl carbamates (subject to hydrolysis) is 1. The van der Waals surface area contributed by atoms with Crippen LogP contribution in [0, 0.1) is 0 Å². The molecule has 0 spiro atoms. The SMILES string of the molecule is O=C(CCCCCNC(=O)OCc1ccccc1)NCCOCCO. The van der Waals surface area contributed by atoms with Crippen LogP contribution in [0.5, 0.6) is 0 Å². The van der Waals surface area contributed by atoms with Gasteiger partial charge in [0.25, 0.3) is 0 Å². The molecule has 7 heteroatoms. The van der Waals surface area contributed by atoms with Crippen molar-refractivity contribution in [1.29, 1.82) is 0 Å². The van der Waals surface area contributed by atoms with E-state index in [0.717, 1.165) is 24.8 Å². The van der Waals surface area contributed by atoms with E-state index in [1.165, 1.54) is 0 Å². The Labute approximate surface area is 148 Å². The molecule has 0 saturated carbocycles. The van der Waals surface area contributed by atoms with Gasteiger partial charge in [-0.15, -0.1) is 0 Å². The van der Waals surface area contributed by atoms with Crippen molar-refractivity contribution < 1.29 is 24.2 Å². The first-order valence-electron chi connectivity index (χ1n) is 8.62. The molecule has 0 aromatic heterocycles. The second-order valence-corrected chi connectivity index (χ2v) is 5.49. The van der Waals surface area contributed by atoms with Crippen molar-refractivity contribution in [1.82, 2.24) is 10.6 Å². The summed E-state index contributed by atoms with van der Waals surface area (Å²) in [4.78, 5) is 23.1. The number of hydrogen-bond acceptors (Lipinski definition) is 5. The fourth-order valence-electron chi connectivity index (χ4n) is 2.07. The third kappa shape index (κ3) is 12.0. The van der Waals surface area contributed by atoms with E-state index in [-0.39, 0.29) is 25.7 Å². The molecule has 0 radical (unpaired) electrons. The highest BCUT2D eigenvalue weighted by Gasteiger charge is 2.03. The highest BCUT2D eigenvalue weighted by molar-refractivity contribution is 5.75. The molecule has 1 aromatic rings. The molecule has 0 aliphatic carbocycles. The minimum atomic E-state index is -0.426. The number of aliphatic hydroxyl groups is 1. The van der Waals surface area contributed by atoms with Crippen molar-refractivity contribution in [3.63, 3.8) is 0 Å². The molecule has 0 bridgehead atoms. The van der Waals surface area contributed by atoms with Gasteiger partial charge in [-0.25, -0.2) is 4.79 Å². The third-order valence-electron chi connectivity index (χ3n) is 3.37. The van der Waals surface area contributed by atoms with Crippen molar-refractivity contribution in [3.8, 4) is 0 Å². The van der Waals surface area contributed by atoms with Gasteiger partial charge in [-0.3, -0.25) is 4.79 Å². The number of ether oxygens (including phenoxy) is 2. The van der Waals surface area contributed by atoms with E-state index >= 15 is 0 Å². The summed E-state index contributed by atoms with van der Waals surface area (Å²) in [7, 11) is 0. The molecule has 0 saturated heterocycles. The molecule has 0 aliphatic heterocycles. The number of aliphatic hydroxyl groups excluding tert-OH is 1. The fraction of sp³-hybridized carbons (Fsp3) is 0.556. The van der Waals surface area contributed by atoms with Crippen molar-refractivity contribution in [2.24, 2.45) is 0 Å². The van der Waals surface area contributed by atoms with E-state index in [9.17, 15) is 9.59 Å². The Morgan fingerprint density at radius 3 is 2.52 bits per heavy atom. The summed E-state index contributed by atoms with van der Waals surface area (Å²) in [6.45, 7) is 1.92. The highest BCUT2D eigenvalue weighted by atomic mass is 16.5. The average molecular weight is 352 g/mol. The lowest BCUT2D eigenvalue weighted by Crippen LogP contribution is -2.27. The van der Waals surface area contributed by atoms with Gasteiger partial charge in [0.15, 0.2) is 0 Å².